The Hall–Kier alpha value is -0.370. The lowest BCUT2D eigenvalue weighted by molar-refractivity contribution is -0.122. The maximum atomic E-state index is 11.0. The molecule has 9 heavy (non-hydrogen) atoms. The molecule has 2 rings (SSSR count). The van der Waals surface area contributed by atoms with Crippen LogP contribution in [0.4, 0.5) is 0 Å². The van der Waals surface area contributed by atoms with Crippen LogP contribution >= 0.6 is 0 Å². The highest BCUT2D eigenvalue weighted by Crippen LogP contribution is 2.28. The summed E-state index contributed by atoms with van der Waals surface area (Å²) in [5.74, 6) is 0.861. The smallest absolute Gasteiger partial charge is 0.149 e. The molecule has 2 nitrogen and oxygen atoms in total. The van der Waals surface area contributed by atoms with Gasteiger partial charge in [-0.05, 0) is 19.3 Å². The zero-order valence-corrected chi connectivity index (χ0v) is 5.39. The van der Waals surface area contributed by atoms with Crippen molar-refractivity contribution in [2.75, 3.05) is 6.54 Å². The third-order valence-corrected chi connectivity index (χ3v) is 2.45. The lowest BCUT2D eigenvalue weighted by atomic mass is 10.00. The van der Waals surface area contributed by atoms with Gasteiger partial charge in [0.05, 0.1) is 6.54 Å². The minimum Gasteiger partial charge on any atom is -0.307 e. The molecule has 2 atom stereocenters. The van der Waals surface area contributed by atoms with Crippen molar-refractivity contribution in [2.45, 2.75) is 25.3 Å². The fourth-order valence-corrected chi connectivity index (χ4v) is 1.85. The van der Waals surface area contributed by atoms with Gasteiger partial charge in [0.25, 0.3) is 0 Å². The molecular formula is C7H11NO. The number of carbonyl (C=O) groups excluding carboxylic acids is 1. The van der Waals surface area contributed by atoms with Gasteiger partial charge in [0.15, 0.2) is 0 Å². The SMILES string of the molecule is O=C1CNC2CCC1C2. The fourth-order valence-electron chi connectivity index (χ4n) is 1.85. The highest BCUT2D eigenvalue weighted by Gasteiger charge is 2.33. The van der Waals surface area contributed by atoms with Gasteiger partial charge in [-0.2, -0.15) is 0 Å². The average molecular weight is 125 g/mol. The van der Waals surface area contributed by atoms with E-state index in [1.165, 1.54) is 6.42 Å². The van der Waals surface area contributed by atoms with E-state index in [2.05, 4.69) is 5.32 Å². The molecule has 0 amide bonds. The summed E-state index contributed by atoms with van der Waals surface area (Å²) in [6.45, 7) is 0.634. The first-order valence-corrected chi connectivity index (χ1v) is 3.62. The van der Waals surface area contributed by atoms with Crippen molar-refractivity contribution >= 4 is 5.78 Å². The van der Waals surface area contributed by atoms with Crippen molar-refractivity contribution in [3.63, 3.8) is 0 Å². The molecule has 2 fully saturated rings. The van der Waals surface area contributed by atoms with Crippen LogP contribution < -0.4 is 5.32 Å². The molecule has 0 aromatic rings. The molecular weight excluding hydrogens is 114 g/mol. The molecule has 2 unspecified atom stereocenters. The second-order valence-corrected chi connectivity index (χ2v) is 3.05. The highest BCUT2D eigenvalue weighted by atomic mass is 16.1. The zero-order valence-electron chi connectivity index (χ0n) is 5.39. The van der Waals surface area contributed by atoms with Crippen LogP contribution in [-0.2, 0) is 4.79 Å². The number of fused-ring (bicyclic) bond motifs is 2. The van der Waals surface area contributed by atoms with Crippen LogP contribution in [0, 0.1) is 5.92 Å². The average Bonchev–Trinajstić information content (AvgIpc) is 2.25. The molecule has 50 valence electrons. The first-order chi connectivity index (χ1) is 4.36. The Balaban J connectivity index is 2.14. The largest absolute Gasteiger partial charge is 0.307 e. The fraction of sp³-hybridized carbons (Fsp3) is 0.857. The third kappa shape index (κ3) is 0.778. The Kier molecular flexibility index (Phi) is 1.09. The molecule has 0 aromatic heterocycles. The van der Waals surface area contributed by atoms with E-state index < -0.39 is 0 Å². The standard InChI is InChI=1S/C7H11NO/c9-7-4-8-6-2-1-5(7)3-6/h5-6,8H,1-4H2. The Morgan fingerprint density at radius 1 is 1.44 bits per heavy atom. The van der Waals surface area contributed by atoms with E-state index in [0.717, 1.165) is 12.8 Å². The van der Waals surface area contributed by atoms with Crippen LogP contribution in [0.5, 0.6) is 0 Å². The van der Waals surface area contributed by atoms with Gasteiger partial charge in [0, 0.05) is 12.0 Å². The first kappa shape index (κ1) is 5.42. The number of rotatable bonds is 0. The predicted octanol–water partition coefficient (Wildman–Crippen LogP) is 0.327. The van der Waals surface area contributed by atoms with E-state index in [1.54, 1.807) is 0 Å². The molecule has 1 aliphatic carbocycles. The predicted molar refractivity (Wildman–Crippen MR) is 34.1 cm³/mol. The molecule has 2 aliphatic rings. The highest BCUT2D eigenvalue weighted by molar-refractivity contribution is 5.84. The summed E-state index contributed by atoms with van der Waals surface area (Å²) in [4.78, 5) is 11.0. The maximum Gasteiger partial charge on any atom is 0.149 e. The van der Waals surface area contributed by atoms with Crippen LogP contribution in [0.3, 0.4) is 0 Å². The van der Waals surface area contributed by atoms with Crippen LogP contribution in [0.15, 0.2) is 0 Å². The molecule has 2 heteroatoms. The van der Waals surface area contributed by atoms with Gasteiger partial charge < -0.3 is 5.32 Å². The van der Waals surface area contributed by atoms with Gasteiger partial charge >= 0.3 is 0 Å². The van der Waals surface area contributed by atoms with Gasteiger partial charge in [-0.15, -0.1) is 0 Å². The number of Topliss-reactive ketones (excluding diaryl/α,β-unsaturated/α-hetero) is 1. The molecule has 1 saturated carbocycles. The second kappa shape index (κ2) is 1.81. The summed E-state index contributed by atoms with van der Waals surface area (Å²) in [5.41, 5.74) is 0. The molecule has 0 radical (unpaired) electrons. The normalized spacial score (nSPS) is 41.6. The van der Waals surface area contributed by atoms with E-state index in [-0.39, 0.29) is 0 Å². The van der Waals surface area contributed by atoms with E-state index in [1.807, 2.05) is 0 Å². The number of carbonyl (C=O) groups is 1. The zero-order chi connectivity index (χ0) is 6.27. The van der Waals surface area contributed by atoms with Crippen LogP contribution in [-0.4, -0.2) is 18.4 Å². The van der Waals surface area contributed by atoms with Gasteiger partial charge in [0.2, 0.25) is 0 Å². The topological polar surface area (TPSA) is 29.1 Å². The van der Waals surface area contributed by atoms with Crippen molar-refractivity contribution in [1.29, 1.82) is 0 Å². The molecule has 0 aromatic carbocycles. The molecule has 0 spiro atoms. The van der Waals surface area contributed by atoms with Gasteiger partial charge in [-0.3, -0.25) is 4.79 Å². The third-order valence-electron chi connectivity index (χ3n) is 2.45. The van der Waals surface area contributed by atoms with Crippen molar-refractivity contribution in [3.05, 3.63) is 0 Å². The second-order valence-electron chi connectivity index (χ2n) is 3.05. The molecule has 1 saturated heterocycles. The number of piperidine rings is 1. The van der Waals surface area contributed by atoms with Crippen molar-refractivity contribution in [3.8, 4) is 0 Å². The van der Waals surface area contributed by atoms with Crippen LogP contribution in [0.2, 0.25) is 0 Å². The monoisotopic (exact) mass is 125 g/mol. The molecule has 1 heterocycles. The van der Waals surface area contributed by atoms with Gasteiger partial charge in [-0.25, -0.2) is 0 Å². The minimum absolute atomic E-state index is 0.427. The summed E-state index contributed by atoms with van der Waals surface area (Å²) in [6.07, 6.45) is 3.46. The lowest BCUT2D eigenvalue weighted by Crippen LogP contribution is -2.38. The number of nitrogens with one attached hydrogen (secondary N) is 1. The van der Waals surface area contributed by atoms with Gasteiger partial charge in [0.1, 0.15) is 5.78 Å². The van der Waals surface area contributed by atoms with Crippen LogP contribution in [0.1, 0.15) is 19.3 Å². The maximum absolute atomic E-state index is 11.0. The molecule has 2 bridgehead atoms. The van der Waals surface area contributed by atoms with E-state index in [0.29, 0.717) is 24.3 Å². The Bertz CT molecular complexity index is 144. The van der Waals surface area contributed by atoms with E-state index in [9.17, 15) is 4.79 Å². The van der Waals surface area contributed by atoms with Crippen molar-refractivity contribution < 1.29 is 4.79 Å². The summed E-state index contributed by atoms with van der Waals surface area (Å²) < 4.78 is 0. The quantitative estimate of drug-likeness (QED) is 0.505. The Morgan fingerprint density at radius 3 is 3.11 bits per heavy atom. The summed E-state index contributed by atoms with van der Waals surface area (Å²) >= 11 is 0. The van der Waals surface area contributed by atoms with Crippen molar-refractivity contribution in [2.24, 2.45) is 5.92 Å². The van der Waals surface area contributed by atoms with Crippen molar-refractivity contribution in [1.82, 2.24) is 5.32 Å². The van der Waals surface area contributed by atoms with Gasteiger partial charge in [-0.1, -0.05) is 0 Å². The first-order valence-electron chi connectivity index (χ1n) is 3.62. The molecule has 1 N–H and O–H groups in total. The minimum atomic E-state index is 0.427. The summed E-state index contributed by atoms with van der Waals surface area (Å²) in [6, 6.07) is 0.674. The molecule has 1 aliphatic heterocycles. The lowest BCUT2D eigenvalue weighted by Gasteiger charge is -2.18. The van der Waals surface area contributed by atoms with E-state index in [4.69, 9.17) is 0 Å². The number of ketones is 1. The number of hydrogen-bond donors (Lipinski definition) is 1. The van der Waals surface area contributed by atoms with E-state index >= 15 is 0 Å². The summed E-state index contributed by atoms with van der Waals surface area (Å²) in [5, 5.41) is 3.21. The Morgan fingerprint density at radius 2 is 2.33 bits per heavy atom. The number of hydrogen-bond acceptors (Lipinski definition) is 2. The Labute approximate surface area is 54.6 Å². The van der Waals surface area contributed by atoms with Crippen LogP contribution in [0.25, 0.3) is 0 Å². The summed E-state index contributed by atoms with van der Waals surface area (Å²) in [7, 11) is 0.